The molecule has 0 aromatic heterocycles. The summed E-state index contributed by atoms with van der Waals surface area (Å²) in [6.45, 7) is 10.3. The SMILES string of the molecule is CC(C)C(N[S@](=O)C(C)(C)C)C(N=C(c1ccccc1)c1ccccc1)c1ccc(Br)cc1. The molecule has 3 nitrogen and oxygen atoms in total. The fourth-order valence-electron chi connectivity index (χ4n) is 3.53. The Hall–Kier alpha value is -2.08. The van der Waals surface area contributed by atoms with Crippen molar-refractivity contribution in [1.29, 1.82) is 0 Å². The fraction of sp³-hybridized carbons (Fsp3) is 0.321. The van der Waals surface area contributed by atoms with E-state index in [2.05, 4.69) is 70.9 Å². The van der Waals surface area contributed by atoms with E-state index in [-0.39, 0.29) is 22.7 Å². The van der Waals surface area contributed by atoms with Gasteiger partial charge in [-0.25, -0.2) is 8.93 Å². The Kier molecular flexibility index (Phi) is 8.80. The molecule has 2 unspecified atom stereocenters. The normalized spacial score (nSPS) is 14.5. The van der Waals surface area contributed by atoms with Gasteiger partial charge in [0.05, 0.1) is 27.5 Å². The zero-order valence-corrected chi connectivity index (χ0v) is 22.4. The molecule has 0 aliphatic heterocycles. The highest BCUT2D eigenvalue weighted by atomic mass is 79.9. The van der Waals surface area contributed by atoms with Gasteiger partial charge in [0.1, 0.15) is 0 Å². The van der Waals surface area contributed by atoms with Crippen molar-refractivity contribution in [2.75, 3.05) is 0 Å². The van der Waals surface area contributed by atoms with E-state index in [0.717, 1.165) is 26.9 Å². The van der Waals surface area contributed by atoms with Crippen LogP contribution in [0, 0.1) is 5.92 Å². The average molecular weight is 526 g/mol. The van der Waals surface area contributed by atoms with Crippen LogP contribution in [0.15, 0.2) is 94.4 Å². The quantitative estimate of drug-likeness (QED) is 0.313. The van der Waals surface area contributed by atoms with Gasteiger partial charge in [-0.05, 0) is 44.4 Å². The summed E-state index contributed by atoms with van der Waals surface area (Å²) < 4.78 is 17.2. The number of hydrogen-bond donors (Lipinski definition) is 1. The number of hydrogen-bond acceptors (Lipinski definition) is 2. The topological polar surface area (TPSA) is 41.5 Å². The summed E-state index contributed by atoms with van der Waals surface area (Å²) in [6, 6.07) is 28.5. The highest BCUT2D eigenvalue weighted by Crippen LogP contribution is 2.30. The lowest BCUT2D eigenvalue weighted by Gasteiger charge is -2.32. The van der Waals surface area contributed by atoms with Crippen molar-refractivity contribution in [2.45, 2.75) is 51.4 Å². The van der Waals surface area contributed by atoms with Crippen molar-refractivity contribution >= 4 is 32.6 Å². The third kappa shape index (κ3) is 6.95. The Morgan fingerprint density at radius 2 is 1.33 bits per heavy atom. The summed E-state index contributed by atoms with van der Waals surface area (Å²) in [4.78, 5) is 5.38. The fourth-order valence-corrected chi connectivity index (χ4v) is 4.80. The summed E-state index contributed by atoms with van der Waals surface area (Å²) in [6.07, 6.45) is 0. The van der Waals surface area contributed by atoms with E-state index in [0.29, 0.717) is 0 Å². The first kappa shape index (κ1) is 25.5. The van der Waals surface area contributed by atoms with E-state index >= 15 is 0 Å². The molecule has 0 fully saturated rings. The van der Waals surface area contributed by atoms with Gasteiger partial charge in [0, 0.05) is 21.6 Å². The molecule has 0 aliphatic rings. The number of aliphatic imine (C=N–C) groups is 1. The van der Waals surface area contributed by atoms with E-state index in [9.17, 15) is 4.21 Å². The van der Waals surface area contributed by atoms with Crippen LogP contribution in [-0.2, 0) is 11.0 Å². The van der Waals surface area contributed by atoms with Crippen molar-refractivity contribution in [1.82, 2.24) is 4.72 Å². The molecule has 5 heteroatoms. The van der Waals surface area contributed by atoms with Crippen LogP contribution in [0.25, 0.3) is 0 Å². The van der Waals surface area contributed by atoms with Crippen molar-refractivity contribution in [3.63, 3.8) is 0 Å². The molecule has 3 aromatic rings. The summed E-state index contributed by atoms with van der Waals surface area (Å²) >= 11 is 3.55. The molecule has 0 amide bonds. The van der Waals surface area contributed by atoms with Crippen LogP contribution < -0.4 is 4.72 Å². The van der Waals surface area contributed by atoms with Crippen LogP contribution in [0.4, 0.5) is 0 Å². The monoisotopic (exact) mass is 524 g/mol. The Morgan fingerprint density at radius 1 is 0.848 bits per heavy atom. The zero-order valence-electron chi connectivity index (χ0n) is 20.0. The molecule has 0 heterocycles. The minimum Gasteiger partial charge on any atom is -0.274 e. The molecule has 0 radical (unpaired) electrons. The van der Waals surface area contributed by atoms with Gasteiger partial charge < -0.3 is 0 Å². The molecule has 0 aliphatic carbocycles. The van der Waals surface area contributed by atoms with Crippen LogP contribution in [0.3, 0.4) is 0 Å². The lowest BCUT2D eigenvalue weighted by Crippen LogP contribution is -2.45. The lowest BCUT2D eigenvalue weighted by atomic mass is 9.91. The van der Waals surface area contributed by atoms with Crippen molar-refractivity contribution < 1.29 is 4.21 Å². The Morgan fingerprint density at radius 3 is 1.76 bits per heavy atom. The third-order valence-electron chi connectivity index (χ3n) is 5.43. The molecule has 0 bridgehead atoms. The van der Waals surface area contributed by atoms with Gasteiger partial charge in [-0.1, -0.05) is 103 Å². The van der Waals surface area contributed by atoms with Crippen LogP contribution in [0.1, 0.15) is 57.4 Å². The summed E-state index contributed by atoms with van der Waals surface area (Å²) in [5.41, 5.74) is 4.13. The van der Waals surface area contributed by atoms with Crippen LogP contribution in [0.5, 0.6) is 0 Å². The molecular formula is C28H33BrN2OS. The smallest absolute Gasteiger partial charge is 0.0973 e. The van der Waals surface area contributed by atoms with Gasteiger partial charge in [-0.2, -0.15) is 0 Å². The Labute approximate surface area is 209 Å². The van der Waals surface area contributed by atoms with Gasteiger partial charge in [0.25, 0.3) is 0 Å². The van der Waals surface area contributed by atoms with Crippen molar-refractivity contribution in [2.24, 2.45) is 10.9 Å². The second kappa shape index (κ2) is 11.4. The van der Waals surface area contributed by atoms with Crippen LogP contribution in [-0.4, -0.2) is 20.7 Å². The number of nitrogens with one attached hydrogen (secondary N) is 1. The molecule has 0 saturated heterocycles. The standard InChI is InChI=1S/C28H33BrN2OS/c1-20(2)25(31-33(32)28(3,4)5)27(23-16-18-24(29)19-17-23)30-26(21-12-8-6-9-13-21)22-14-10-7-11-15-22/h6-20,25,27,31H,1-5H3/t25?,27?,33-/m1/s1. The highest BCUT2D eigenvalue weighted by Gasteiger charge is 2.31. The van der Waals surface area contributed by atoms with E-state index in [1.807, 2.05) is 69.3 Å². The summed E-state index contributed by atoms with van der Waals surface area (Å²) in [7, 11) is -1.22. The van der Waals surface area contributed by atoms with Crippen LogP contribution in [0.2, 0.25) is 0 Å². The maximum atomic E-state index is 13.1. The van der Waals surface area contributed by atoms with E-state index in [1.165, 1.54) is 0 Å². The molecule has 3 rings (SSSR count). The van der Waals surface area contributed by atoms with E-state index in [4.69, 9.17) is 4.99 Å². The largest absolute Gasteiger partial charge is 0.274 e. The Balaban J connectivity index is 2.19. The predicted octanol–water partition coefficient (Wildman–Crippen LogP) is 7.10. The summed E-state index contributed by atoms with van der Waals surface area (Å²) in [5, 5.41) is 0. The molecule has 3 aromatic carbocycles. The van der Waals surface area contributed by atoms with Crippen molar-refractivity contribution in [3.8, 4) is 0 Å². The zero-order chi connectivity index (χ0) is 24.0. The maximum absolute atomic E-state index is 13.1. The second-order valence-electron chi connectivity index (χ2n) is 9.47. The minimum atomic E-state index is -1.22. The Bertz CT molecular complexity index is 1030. The highest BCUT2D eigenvalue weighted by molar-refractivity contribution is 9.10. The number of rotatable bonds is 8. The molecule has 174 valence electrons. The number of halogens is 1. The molecular weight excluding hydrogens is 492 g/mol. The van der Waals surface area contributed by atoms with Gasteiger partial charge in [0.15, 0.2) is 0 Å². The molecule has 3 atom stereocenters. The van der Waals surface area contributed by atoms with E-state index in [1.54, 1.807) is 0 Å². The minimum absolute atomic E-state index is 0.117. The first-order valence-corrected chi connectivity index (χ1v) is 13.2. The maximum Gasteiger partial charge on any atom is 0.0973 e. The lowest BCUT2D eigenvalue weighted by molar-refractivity contribution is 0.395. The second-order valence-corrected chi connectivity index (χ2v) is 12.4. The van der Waals surface area contributed by atoms with Gasteiger partial charge in [-0.15, -0.1) is 0 Å². The summed E-state index contributed by atoms with van der Waals surface area (Å²) in [5.74, 6) is 0.210. The average Bonchev–Trinajstić information content (AvgIpc) is 2.79. The number of benzene rings is 3. The van der Waals surface area contributed by atoms with Gasteiger partial charge in [-0.3, -0.25) is 4.99 Å². The molecule has 0 spiro atoms. The van der Waals surface area contributed by atoms with E-state index < -0.39 is 11.0 Å². The van der Waals surface area contributed by atoms with Gasteiger partial charge >= 0.3 is 0 Å². The molecule has 33 heavy (non-hydrogen) atoms. The first-order valence-electron chi connectivity index (χ1n) is 11.3. The molecule has 0 saturated carbocycles. The van der Waals surface area contributed by atoms with Crippen LogP contribution >= 0.6 is 15.9 Å². The van der Waals surface area contributed by atoms with Crippen molar-refractivity contribution in [3.05, 3.63) is 106 Å². The van der Waals surface area contributed by atoms with Gasteiger partial charge in [0.2, 0.25) is 0 Å². The third-order valence-corrected chi connectivity index (χ3v) is 7.56. The predicted molar refractivity (Wildman–Crippen MR) is 145 cm³/mol. The molecule has 1 N–H and O–H groups in total. The first-order chi connectivity index (χ1) is 15.7. The number of nitrogens with zero attached hydrogens (tertiary/aromatic N) is 1.